The van der Waals surface area contributed by atoms with E-state index in [0.29, 0.717) is 5.65 Å². The normalized spacial score (nSPS) is 14.9. The first kappa shape index (κ1) is 11.3. The van der Waals surface area contributed by atoms with E-state index in [1.165, 1.54) is 12.8 Å². The number of hydrogen-bond acceptors (Lipinski definition) is 5. The number of nitrogens with zero attached hydrogens (tertiary/aromatic N) is 3. The fraction of sp³-hybridized carbons (Fsp3) is 0.462. The highest BCUT2D eigenvalue weighted by Crippen LogP contribution is 2.18. The lowest BCUT2D eigenvalue weighted by molar-refractivity contribution is 0.658. The van der Waals surface area contributed by atoms with Crippen molar-refractivity contribution < 1.29 is 0 Å². The average molecular weight is 243 g/mol. The van der Waals surface area contributed by atoms with Crippen LogP contribution in [0.4, 0.5) is 5.82 Å². The molecule has 1 aliphatic rings. The van der Waals surface area contributed by atoms with Gasteiger partial charge in [0.05, 0.1) is 0 Å². The Morgan fingerprint density at radius 1 is 1.11 bits per heavy atom. The maximum atomic E-state index is 4.42. The maximum Gasteiger partial charge on any atom is 0.180 e. The Balaban J connectivity index is 1.50. The largest absolute Gasteiger partial charge is 0.370 e. The van der Waals surface area contributed by atoms with Crippen LogP contribution in [0.25, 0.3) is 11.2 Å². The zero-order valence-corrected chi connectivity index (χ0v) is 10.3. The van der Waals surface area contributed by atoms with Crippen LogP contribution in [0.1, 0.15) is 19.3 Å². The van der Waals surface area contributed by atoms with Crippen molar-refractivity contribution in [1.82, 2.24) is 20.3 Å². The lowest BCUT2D eigenvalue weighted by Crippen LogP contribution is -2.20. The van der Waals surface area contributed by atoms with Gasteiger partial charge in [-0.25, -0.2) is 9.97 Å². The van der Waals surface area contributed by atoms with Crippen LogP contribution in [0.15, 0.2) is 24.5 Å². The smallest absolute Gasteiger partial charge is 0.180 e. The molecule has 3 rings (SSSR count). The predicted octanol–water partition coefficient (Wildman–Crippen LogP) is 1.58. The summed E-state index contributed by atoms with van der Waals surface area (Å²) in [6, 6.07) is 4.69. The first-order valence-electron chi connectivity index (χ1n) is 6.47. The van der Waals surface area contributed by atoms with Gasteiger partial charge in [-0.2, -0.15) is 0 Å². The quantitative estimate of drug-likeness (QED) is 0.754. The SMILES string of the molecule is c1cnc2nc(NCCCNC3CC3)ccc2n1. The van der Waals surface area contributed by atoms with Crippen molar-refractivity contribution in [3.05, 3.63) is 24.5 Å². The third-order valence-electron chi connectivity index (χ3n) is 3.00. The summed E-state index contributed by atoms with van der Waals surface area (Å²) in [4.78, 5) is 12.8. The molecular formula is C13H17N5. The van der Waals surface area contributed by atoms with Crippen molar-refractivity contribution >= 4 is 17.0 Å². The van der Waals surface area contributed by atoms with Crippen LogP contribution in [0.2, 0.25) is 0 Å². The van der Waals surface area contributed by atoms with Crippen molar-refractivity contribution in [2.45, 2.75) is 25.3 Å². The molecular weight excluding hydrogens is 226 g/mol. The lowest BCUT2D eigenvalue weighted by Gasteiger charge is -2.06. The fourth-order valence-corrected chi connectivity index (χ4v) is 1.85. The van der Waals surface area contributed by atoms with Crippen molar-refractivity contribution in [3.8, 4) is 0 Å². The highest BCUT2D eigenvalue weighted by molar-refractivity contribution is 5.71. The van der Waals surface area contributed by atoms with Crippen LogP contribution in [0.3, 0.4) is 0 Å². The number of anilines is 1. The molecule has 2 heterocycles. The zero-order valence-electron chi connectivity index (χ0n) is 10.3. The Hall–Kier alpha value is -1.75. The van der Waals surface area contributed by atoms with E-state index in [0.717, 1.165) is 36.9 Å². The molecule has 94 valence electrons. The Morgan fingerprint density at radius 3 is 2.89 bits per heavy atom. The van der Waals surface area contributed by atoms with Gasteiger partial charge in [-0.05, 0) is 37.9 Å². The third kappa shape index (κ3) is 2.92. The number of aromatic nitrogens is 3. The van der Waals surface area contributed by atoms with E-state index in [1.54, 1.807) is 12.4 Å². The number of fused-ring (bicyclic) bond motifs is 1. The number of hydrogen-bond donors (Lipinski definition) is 2. The minimum Gasteiger partial charge on any atom is -0.370 e. The number of nitrogens with one attached hydrogen (secondary N) is 2. The lowest BCUT2D eigenvalue weighted by atomic mass is 10.3. The second-order valence-corrected chi connectivity index (χ2v) is 4.60. The molecule has 0 saturated heterocycles. The van der Waals surface area contributed by atoms with Crippen molar-refractivity contribution in [1.29, 1.82) is 0 Å². The number of pyridine rings is 1. The molecule has 0 unspecified atom stereocenters. The average Bonchev–Trinajstić information content (AvgIpc) is 3.22. The molecule has 0 aliphatic heterocycles. The Labute approximate surface area is 106 Å². The molecule has 0 amide bonds. The summed E-state index contributed by atoms with van der Waals surface area (Å²) in [6.45, 7) is 2.00. The Bertz CT molecular complexity index is 524. The van der Waals surface area contributed by atoms with Gasteiger partial charge in [-0.3, -0.25) is 4.98 Å². The van der Waals surface area contributed by atoms with Gasteiger partial charge in [0.15, 0.2) is 5.65 Å². The Morgan fingerprint density at radius 2 is 2.00 bits per heavy atom. The van der Waals surface area contributed by atoms with Gasteiger partial charge in [0.2, 0.25) is 0 Å². The van der Waals surface area contributed by atoms with Gasteiger partial charge in [-0.1, -0.05) is 0 Å². The Kier molecular flexibility index (Phi) is 3.32. The van der Waals surface area contributed by atoms with Crippen LogP contribution in [0.5, 0.6) is 0 Å². The number of rotatable bonds is 6. The minimum absolute atomic E-state index is 0.693. The summed E-state index contributed by atoms with van der Waals surface area (Å²) in [7, 11) is 0. The van der Waals surface area contributed by atoms with Crippen molar-refractivity contribution in [2.75, 3.05) is 18.4 Å². The topological polar surface area (TPSA) is 62.7 Å². The van der Waals surface area contributed by atoms with Crippen LogP contribution < -0.4 is 10.6 Å². The summed E-state index contributed by atoms with van der Waals surface area (Å²) < 4.78 is 0. The third-order valence-corrected chi connectivity index (χ3v) is 3.00. The molecule has 1 saturated carbocycles. The summed E-state index contributed by atoms with van der Waals surface area (Å²) >= 11 is 0. The van der Waals surface area contributed by atoms with E-state index < -0.39 is 0 Å². The van der Waals surface area contributed by atoms with E-state index in [1.807, 2.05) is 12.1 Å². The van der Waals surface area contributed by atoms with Gasteiger partial charge >= 0.3 is 0 Å². The molecule has 5 nitrogen and oxygen atoms in total. The molecule has 0 spiro atoms. The summed E-state index contributed by atoms with van der Waals surface area (Å²) in [6.07, 6.45) is 7.15. The molecule has 2 aromatic rings. The van der Waals surface area contributed by atoms with Gasteiger partial charge < -0.3 is 10.6 Å². The van der Waals surface area contributed by atoms with Crippen LogP contribution in [0, 0.1) is 0 Å². The van der Waals surface area contributed by atoms with E-state index in [4.69, 9.17) is 0 Å². The predicted molar refractivity (Wildman–Crippen MR) is 71.5 cm³/mol. The van der Waals surface area contributed by atoms with Crippen molar-refractivity contribution in [3.63, 3.8) is 0 Å². The monoisotopic (exact) mass is 243 g/mol. The van der Waals surface area contributed by atoms with E-state index in [9.17, 15) is 0 Å². The summed E-state index contributed by atoms with van der Waals surface area (Å²) in [5, 5.41) is 6.80. The highest BCUT2D eigenvalue weighted by Gasteiger charge is 2.19. The molecule has 0 atom stereocenters. The fourth-order valence-electron chi connectivity index (χ4n) is 1.85. The standard InChI is InChI=1S/C13H17N5/c1(6-14-10-2-3-10)7-16-12-5-4-11-13(18-12)17-9-8-15-11/h4-5,8-10,14H,1-3,6-7H2,(H,16,17,18). The summed E-state index contributed by atoms with van der Waals surface area (Å²) in [5.41, 5.74) is 1.53. The molecule has 2 N–H and O–H groups in total. The maximum absolute atomic E-state index is 4.42. The van der Waals surface area contributed by atoms with E-state index in [-0.39, 0.29) is 0 Å². The van der Waals surface area contributed by atoms with Crippen molar-refractivity contribution in [2.24, 2.45) is 0 Å². The molecule has 0 aromatic carbocycles. The van der Waals surface area contributed by atoms with Crippen LogP contribution >= 0.6 is 0 Å². The first-order valence-corrected chi connectivity index (χ1v) is 6.47. The van der Waals surface area contributed by atoms with Gasteiger partial charge in [0.1, 0.15) is 11.3 Å². The van der Waals surface area contributed by atoms with E-state index >= 15 is 0 Å². The highest BCUT2D eigenvalue weighted by atomic mass is 15.0. The van der Waals surface area contributed by atoms with E-state index in [2.05, 4.69) is 25.6 Å². The van der Waals surface area contributed by atoms with Crippen LogP contribution in [-0.4, -0.2) is 34.1 Å². The second kappa shape index (κ2) is 5.27. The molecule has 1 fully saturated rings. The molecule has 18 heavy (non-hydrogen) atoms. The van der Waals surface area contributed by atoms with Gasteiger partial charge in [0.25, 0.3) is 0 Å². The molecule has 2 aromatic heterocycles. The zero-order chi connectivity index (χ0) is 12.2. The molecule has 0 bridgehead atoms. The van der Waals surface area contributed by atoms with Crippen LogP contribution in [-0.2, 0) is 0 Å². The molecule has 1 aliphatic carbocycles. The second-order valence-electron chi connectivity index (χ2n) is 4.60. The first-order chi connectivity index (χ1) is 8.92. The minimum atomic E-state index is 0.693. The van der Waals surface area contributed by atoms with Gasteiger partial charge in [0, 0.05) is 25.0 Å². The summed E-state index contributed by atoms with van der Waals surface area (Å²) in [5.74, 6) is 0.870. The van der Waals surface area contributed by atoms with Gasteiger partial charge in [-0.15, -0.1) is 0 Å². The molecule has 0 radical (unpaired) electrons. The molecule has 5 heteroatoms.